The first-order valence-corrected chi connectivity index (χ1v) is 6.44. The Morgan fingerprint density at radius 3 is 2.58 bits per heavy atom. The van der Waals surface area contributed by atoms with Gasteiger partial charge in [0.2, 0.25) is 0 Å². The Bertz CT molecular complexity index is 413. The van der Waals surface area contributed by atoms with Crippen molar-refractivity contribution in [3.63, 3.8) is 0 Å². The van der Waals surface area contributed by atoms with Crippen molar-refractivity contribution < 1.29 is 19.0 Å². The lowest BCUT2D eigenvalue weighted by atomic mass is 10.1. The van der Waals surface area contributed by atoms with E-state index in [1.54, 1.807) is 25.3 Å². The highest BCUT2D eigenvalue weighted by Gasteiger charge is 2.10. The fraction of sp³-hybridized carbons (Fsp3) is 0.533. The smallest absolute Gasteiger partial charge is 0.163 e. The molecule has 0 N–H and O–H groups in total. The van der Waals surface area contributed by atoms with Crippen LogP contribution in [0.2, 0.25) is 0 Å². The topological polar surface area (TPSA) is 44.8 Å². The van der Waals surface area contributed by atoms with Crippen LogP contribution in [0.1, 0.15) is 31.1 Å². The van der Waals surface area contributed by atoms with Crippen molar-refractivity contribution in [2.75, 3.05) is 26.9 Å². The highest BCUT2D eigenvalue weighted by Crippen LogP contribution is 2.25. The predicted octanol–water partition coefficient (Wildman–Crippen LogP) is 2.95. The molecule has 0 radical (unpaired) electrons. The number of hydrogen-bond donors (Lipinski definition) is 0. The van der Waals surface area contributed by atoms with Gasteiger partial charge in [-0.25, -0.2) is 0 Å². The fourth-order valence-electron chi connectivity index (χ4n) is 1.57. The molecule has 0 saturated carbocycles. The highest BCUT2D eigenvalue weighted by molar-refractivity contribution is 5.97. The normalized spacial score (nSPS) is 10.6. The van der Waals surface area contributed by atoms with Gasteiger partial charge in [-0.15, -0.1) is 0 Å². The quantitative estimate of drug-likeness (QED) is 0.536. The van der Waals surface area contributed by atoms with E-state index in [4.69, 9.17) is 14.2 Å². The van der Waals surface area contributed by atoms with Gasteiger partial charge in [0, 0.05) is 12.7 Å². The van der Waals surface area contributed by atoms with Gasteiger partial charge in [0.15, 0.2) is 5.78 Å². The second kappa shape index (κ2) is 7.79. The van der Waals surface area contributed by atoms with Crippen LogP contribution in [0.5, 0.6) is 11.5 Å². The predicted molar refractivity (Wildman–Crippen MR) is 74.2 cm³/mol. The van der Waals surface area contributed by atoms with Gasteiger partial charge in [-0.05, 0) is 25.0 Å². The van der Waals surface area contributed by atoms with Gasteiger partial charge in [-0.2, -0.15) is 0 Å². The lowest BCUT2D eigenvalue weighted by Crippen LogP contribution is -2.11. The van der Waals surface area contributed by atoms with Crippen LogP contribution in [0.3, 0.4) is 0 Å². The van der Waals surface area contributed by atoms with E-state index in [9.17, 15) is 4.79 Å². The van der Waals surface area contributed by atoms with Gasteiger partial charge >= 0.3 is 0 Å². The van der Waals surface area contributed by atoms with Crippen molar-refractivity contribution in [3.8, 4) is 11.5 Å². The largest absolute Gasteiger partial charge is 0.497 e. The zero-order valence-electron chi connectivity index (χ0n) is 12.1. The van der Waals surface area contributed by atoms with Crippen molar-refractivity contribution >= 4 is 5.78 Å². The standard InChI is InChI=1S/C15H22O4/c1-11(2)10-18-7-8-19-15-9-13(17-4)5-6-14(15)12(3)16/h5-6,9,11H,7-8,10H2,1-4H3. The summed E-state index contributed by atoms with van der Waals surface area (Å²) in [5, 5.41) is 0. The maximum absolute atomic E-state index is 11.5. The first-order valence-electron chi connectivity index (χ1n) is 6.44. The van der Waals surface area contributed by atoms with Crippen molar-refractivity contribution in [2.45, 2.75) is 20.8 Å². The Hall–Kier alpha value is -1.55. The van der Waals surface area contributed by atoms with Crippen LogP contribution in [0.4, 0.5) is 0 Å². The molecule has 0 aliphatic heterocycles. The SMILES string of the molecule is COc1ccc(C(C)=O)c(OCCOCC(C)C)c1. The van der Waals surface area contributed by atoms with Gasteiger partial charge in [0.25, 0.3) is 0 Å². The summed E-state index contributed by atoms with van der Waals surface area (Å²) >= 11 is 0. The number of ether oxygens (including phenoxy) is 3. The minimum atomic E-state index is -0.0271. The molecule has 0 amide bonds. The average Bonchev–Trinajstić information content (AvgIpc) is 2.37. The molecule has 0 fully saturated rings. The van der Waals surface area contributed by atoms with E-state index >= 15 is 0 Å². The Balaban J connectivity index is 2.57. The van der Waals surface area contributed by atoms with Crippen LogP contribution in [0.15, 0.2) is 18.2 Å². The lowest BCUT2D eigenvalue weighted by Gasteiger charge is -2.12. The van der Waals surface area contributed by atoms with E-state index in [1.807, 2.05) is 0 Å². The van der Waals surface area contributed by atoms with Crippen molar-refractivity contribution in [1.82, 2.24) is 0 Å². The summed E-state index contributed by atoms with van der Waals surface area (Å²) in [7, 11) is 1.58. The van der Waals surface area contributed by atoms with Crippen molar-refractivity contribution in [1.29, 1.82) is 0 Å². The van der Waals surface area contributed by atoms with Gasteiger partial charge in [0.1, 0.15) is 18.1 Å². The minimum Gasteiger partial charge on any atom is -0.497 e. The van der Waals surface area contributed by atoms with E-state index in [0.717, 1.165) is 0 Å². The second-order valence-electron chi connectivity index (χ2n) is 4.74. The van der Waals surface area contributed by atoms with Gasteiger partial charge in [-0.1, -0.05) is 13.8 Å². The highest BCUT2D eigenvalue weighted by atomic mass is 16.5. The third-order valence-corrected chi connectivity index (χ3v) is 2.50. The van der Waals surface area contributed by atoms with E-state index in [-0.39, 0.29) is 5.78 Å². The zero-order valence-corrected chi connectivity index (χ0v) is 12.1. The Labute approximate surface area is 114 Å². The van der Waals surface area contributed by atoms with Crippen LogP contribution in [0.25, 0.3) is 0 Å². The second-order valence-corrected chi connectivity index (χ2v) is 4.74. The molecule has 1 aromatic rings. The first kappa shape index (κ1) is 15.5. The molecule has 0 bridgehead atoms. The van der Waals surface area contributed by atoms with Crippen LogP contribution in [-0.2, 0) is 4.74 Å². The third-order valence-electron chi connectivity index (χ3n) is 2.50. The first-order chi connectivity index (χ1) is 9.04. The molecule has 0 aliphatic carbocycles. The molecule has 0 saturated heterocycles. The maximum Gasteiger partial charge on any atom is 0.163 e. The van der Waals surface area contributed by atoms with Gasteiger partial charge in [-0.3, -0.25) is 4.79 Å². The summed E-state index contributed by atoms with van der Waals surface area (Å²) in [6, 6.07) is 5.18. The number of Topliss-reactive ketones (excluding diaryl/α,β-unsaturated/α-hetero) is 1. The summed E-state index contributed by atoms with van der Waals surface area (Å²) in [6.45, 7) is 7.34. The molecule has 0 spiro atoms. The summed E-state index contributed by atoms with van der Waals surface area (Å²) in [5.74, 6) is 1.69. The Morgan fingerprint density at radius 1 is 1.26 bits per heavy atom. The third kappa shape index (κ3) is 5.30. The maximum atomic E-state index is 11.5. The summed E-state index contributed by atoms with van der Waals surface area (Å²) in [6.07, 6.45) is 0. The van der Waals surface area contributed by atoms with E-state index in [2.05, 4.69) is 13.8 Å². The number of ketones is 1. The fourth-order valence-corrected chi connectivity index (χ4v) is 1.57. The molecule has 19 heavy (non-hydrogen) atoms. The van der Waals surface area contributed by atoms with Crippen LogP contribution < -0.4 is 9.47 Å². The molecular weight excluding hydrogens is 244 g/mol. The molecular formula is C15H22O4. The molecule has 4 heteroatoms. The van der Waals surface area contributed by atoms with Crippen molar-refractivity contribution in [3.05, 3.63) is 23.8 Å². The number of rotatable bonds is 8. The minimum absolute atomic E-state index is 0.0271. The number of methoxy groups -OCH3 is 1. The van der Waals surface area contributed by atoms with E-state index in [1.165, 1.54) is 6.92 Å². The number of carbonyl (C=O) groups excluding carboxylic acids is 1. The molecule has 0 atom stereocenters. The monoisotopic (exact) mass is 266 g/mol. The molecule has 0 unspecified atom stereocenters. The summed E-state index contributed by atoms with van der Waals surface area (Å²) in [4.78, 5) is 11.5. The zero-order chi connectivity index (χ0) is 14.3. The lowest BCUT2D eigenvalue weighted by molar-refractivity contribution is 0.0810. The van der Waals surface area contributed by atoms with Crippen LogP contribution >= 0.6 is 0 Å². The Kier molecular flexibility index (Phi) is 6.36. The Morgan fingerprint density at radius 2 is 2.00 bits per heavy atom. The number of hydrogen-bond acceptors (Lipinski definition) is 4. The molecule has 1 aromatic carbocycles. The molecule has 106 valence electrons. The summed E-state index contributed by atoms with van der Waals surface area (Å²) in [5.41, 5.74) is 0.560. The van der Waals surface area contributed by atoms with Gasteiger partial charge in [0.05, 0.1) is 19.3 Å². The molecule has 0 aliphatic rings. The van der Waals surface area contributed by atoms with Crippen LogP contribution in [-0.4, -0.2) is 32.7 Å². The molecule has 0 aromatic heterocycles. The number of benzene rings is 1. The van der Waals surface area contributed by atoms with E-state index < -0.39 is 0 Å². The number of carbonyl (C=O) groups is 1. The van der Waals surface area contributed by atoms with Gasteiger partial charge < -0.3 is 14.2 Å². The molecule has 4 nitrogen and oxygen atoms in total. The summed E-state index contributed by atoms with van der Waals surface area (Å²) < 4.78 is 16.2. The molecule has 1 rings (SSSR count). The van der Waals surface area contributed by atoms with Crippen LogP contribution in [0, 0.1) is 5.92 Å². The van der Waals surface area contributed by atoms with E-state index in [0.29, 0.717) is 42.8 Å². The average molecular weight is 266 g/mol. The molecule has 0 heterocycles. The van der Waals surface area contributed by atoms with Crippen molar-refractivity contribution in [2.24, 2.45) is 5.92 Å².